The van der Waals surface area contributed by atoms with Crippen molar-refractivity contribution < 1.29 is 31.1 Å². The molecule has 1 aliphatic rings. The maximum atomic E-state index is 12.5. The fraction of sp³-hybridized carbons (Fsp3) is 0.370. The summed E-state index contributed by atoms with van der Waals surface area (Å²) in [6, 6.07) is 9.41. The fourth-order valence-electron chi connectivity index (χ4n) is 4.03. The molecule has 0 aliphatic carbocycles. The molecule has 0 atom stereocenters. The monoisotopic (exact) mass is 841 g/mol. The van der Waals surface area contributed by atoms with Gasteiger partial charge in [0.1, 0.15) is 10.0 Å². The van der Waals surface area contributed by atoms with Crippen molar-refractivity contribution in [3.8, 4) is 0 Å². The zero-order valence-electron chi connectivity index (χ0n) is 25.5. The molecule has 0 unspecified atom stereocenters. The van der Waals surface area contributed by atoms with Crippen LogP contribution in [0.25, 0.3) is 0 Å². The number of carbonyl (C=O) groups is 1. The number of hydrogen-bond donors (Lipinski definition) is 2. The van der Waals surface area contributed by atoms with E-state index in [0.29, 0.717) is 65.3 Å². The number of amides is 1. The lowest BCUT2D eigenvalue weighted by Crippen LogP contribution is -2.41. The molecular formula is C27H30BrCl2N7O7S4. The van der Waals surface area contributed by atoms with E-state index in [1.165, 1.54) is 23.5 Å². The highest BCUT2D eigenvalue weighted by molar-refractivity contribution is 9.09. The van der Waals surface area contributed by atoms with Crippen molar-refractivity contribution in [1.82, 2.24) is 25.3 Å². The number of benzene rings is 2. The molecule has 3 heterocycles. The number of morpholine rings is 1. The van der Waals surface area contributed by atoms with Gasteiger partial charge in [-0.25, -0.2) is 21.6 Å². The Morgan fingerprint density at radius 3 is 1.81 bits per heavy atom. The minimum atomic E-state index is -3.83. The quantitative estimate of drug-likeness (QED) is 0.181. The first-order chi connectivity index (χ1) is 22.8. The fourth-order valence-corrected chi connectivity index (χ4v) is 9.59. The van der Waals surface area contributed by atoms with E-state index in [1.807, 2.05) is 0 Å². The molecule has 48 heavy (non-hydrogen) atoms. The van der Waals surface area contributed by atoms with Crippen LogP contribution in [0.3, 0.4) is 0 Å². The van der Waals surface area contributed by atoms with Gasteiger partial charge in [0.15, 0.2) is 0 Å². The Hall–Kier alpha value is -2.65. The van der Waals surface area contributed by atoms with Crippen LogP contribution in [0.2, 0.25) is 10.0 Å². The second-order valence-corrected chi connectivity index (χ2v) is 16.9. The second kappa shape index (κ2) is 17.3. The lowest BCUT2D eigenvalue weighted by atomic mass is 10.2. The third-order valence-corrected chi connectivity index (χ3v) is 12.7. The summed E-state index contributed by atoms with van der Waals surface area (Å²) in [6.07, 6.45) is 0.645. The van der Waals surface area contributed by atoms with E-state index in [-0.39, 0.29) is 26.7 Å². The van der Waals surface area contributed by atoms with Crippen LogP contribution >= 0.6 is 61.8 Å². The maximum Gasteiger partial charge on any atom is 0.409 e. The van der Waals surface area contributed by atoms with Gasteiger partial charge >= 0.3 is 6.09 Å². The minimum Gasteiger partial charge on any atom is -0.449 e. The zero-order valence-corrected chi connectivity index (χ0v) is 31.8. The lowest BCUT2D eigenvalue weighted by Gasteiger charge is -2.25. The highest BCUT2D eigenvalue weighted by Gasteiger charge is 2.22. The number of hydrogen-bond acceptors (Lipinski definition) is 13. The van der Waals surface area contributed by atoms with E-state index in [2.05, 4.69) is 45.8 Å². The smallest absolute Gasteiger partial charge is 0.409 e. The molecule has 1 amide bonds. The van der Waals surface area contributed by atoms with Gasteiger partial charge in [-0.3, -0.25) is 9.44 Å². The van der Waals surface area contributed by atoms with Crippen molar-refractivity contribution >= 4 is 98.2 Å². The molecule has 0 bridgehead atoms. The molecule has 2 aromatic heterocycles. The van der Waals surface area contributed by atoms with Gasteiger partial charge in [-0.2, -0.15) is 0 Å². The zero-order chi connectivity index (χ0) is 34.9. The Balaban J connectivity index is 0.000000229. The predicted octanol–water partition coefficient (Wildman–Crippen LogP) is 5.55. The molecule has 14 nitrogen and oxygen atoms in total. The SMILES string of the molecule is Cc1c(Cl)cccc1S(=O)(=O)Nc1nnc(CCBr)s1.Cc1c(Cl)cccc1S(=O)(=O)Nc1nnc(CCOC(=O)N2CCOCC2)s1. The topological polar surface area (TPSA) is 183 Å². The molecule has 1 aliphatic heterocycles. The number of halogens is 3. The first-order valence-electron chi connectivity index (χ1n) is 14.1. The van der Waals surface area contributed by atoms with Gasteiger partial charge in [-0.15, -0.1) is 20.4 Å². The number of carbonyl (C=O) groups excluding carboxylic acids is 1. The molecule has 21 heteroatoms. The summed E-state index contributed by atoms with van der Waals surface area (Å²) in [7, 11) is -7.54. The van der Waals surface area contributed by atoms with Crippen molar-refractivity contribution in [2.45, 2.75) is 36.5 Å². The Kier molecular flexibility index (Phi) is 13.8. The summed E-state index contributed by atoms with van der Waals surface area (Å²) < 4.78 is 64.9. The Morgan fingerprint density at radius 2 is 1.33 bits per heavy atom. The van der Waals surface area contributed by atoms with E-state index < -0.39 is 26.1 Å². The van der Waals surface area contributed by atoms with Crippen molar-refractivity contribution in [3.05, 3.63) is 67.6 Å². The molecule has 2 N–H and O–H groups in total. The number of aromatic nitrogens is 4. The molecule has 260 valence electrons. The van der Waals surface area contributed by atoms with Crippen LogP contribution < -0.4 is 9.44 Å². The number of nitrogens with zero attached hydrogens (tertiary/aromatic N) is 5. The van der Waals surface area contributed by atoms with Crippen LogP contribution in [0, 0.1) is 13.8 Å². The standard InChI is InChI=1S/C16H19ClN4O5S2.C11H11BrClN3O2S2/c1-11-12(17)3-2-4-13(11)28(23,24)20-15-19-18-14(27-15)5-8-26-16(22)21-6-9-25-10-7-21;1-7-8(13)3-2-4-9(7)20(17,18)16-11-15-14-10(19-11)5-6-12/h2-4H,5-10H2,1H3,(H,19,20);2-4H,5-6H2,1H3,(H,15,16). The molecule has 0 radical (unpaired) electrons. The van der Waals surface area contributed by atoms with Crippen molar-refractivity contribution in [2.75, 3.05) is 47.7 Å². The predicted molar refractivity (Wildman–Crippen MR) is 189 cm³/mol. The molecule has 1 fully saturated rings. The Bertz CT molecular complexity index is 1940. The summed E-state index contributed by atoms with van der Waals surface area (Å²) in [5.74, 6) is 0. The largest absolute Gasteiger partial charge is 0.449 e. The van der Waals surface area contributed by atoms with Crippen LogP contribution in [0.1, 0.15) is 21.1 Å². The Morgan fingerprint density at radius 1 is 0.854 bits per heavy atom. The molecule has 0 saturated carbocycles. The van der Waals surface area contributed by atoms with Crippen molar-refractivity contribution in [2.24, 2.45) is 0 Å². The van der Waals surface area contributed by atoms with E-state index >= 15 is 0 Å². The molecule has 0 spiro atoms. The third kappa shape index (κ3) is 10.4. The first-order valence-corrected chi connectivity index (χ1v) is 20.5. The number of ether oxygens (including phenoxy) is 2. The van der Waals surface area contributed by atoms with E-state index in [0.717, 1.165) is 21.7 Å². The van der Waals surface area contributed by atoms with Gasteiger partial charge in [0.25, 0.3) is 20.0 Å². The first kappa shape index (κ1) is 38.2. The van der Waals surface area contributed by atoms with Gasteiger partial charge in [0, 0.05) is 41.3 Å². The van der Waals surface area contributed by atoms with Gasteiger partial charge < -0.3 is 14.4 Å². The molecule has 4 aromatic rings. The summed E-state index contributed by atoms with van der Waals surface area (Å²) in [5.41, 5.74) is 0.961. The normalized spacial score (nSPS) is 13.4. The number of nitrogens with one attached hydrogen (secondary N) is 2. The van der Waals surface area contributed by atoms with Crippen molar-refractivity contribution in [3.63, 3.8) is 0 Å². The average molecular weight is 844 g/mol. The highest BCUT2D eigenvalue weighted by Crippen LogP contribution is 2.27. The Labute approximate surface area is 304 Å². The lowest BCUT2D eigenvalue weighted by molar-refractivity contribution is 0.0275. The van der Waals surface area contributed by atoms with Gasteiger partial charge in [0.05, 0.1) is 29.6 Å². The molecule has 5 rings (SSSR count). The number of alkyl halides is 1. The van der Waals surface area contributed by atoms with Crippen LogP contribution in [0.15, 0.2) is 46.2 Å². The molecule has 1 saturated heterocycles. The molecule has 2 aromatic carbocycles. The number of aryl methyl sites for hydroxylation is 1. The van der Waals surface area contributed by atoms with E-state index in [1.54, 1.807) is 43.0 Å². The number of sulfonamides is 2. The summed E-state index contributed by atoms with van der Waals surface area (Å²) in [4.78, 5) is 13.7. The molecular weight excluding hydrogens is 813 g/mol. The van der Waals surface area contributed by atoms with Gasteiger partial charge in [-0.05, 0) is 49.2 Å². The van der Waals surface area contributed by atoms with E-state index in [4.69, 9.17) is 32.7 Å². The van der Waals surface area contributed by atoms with Gasteiger partial charge in [0.2, 0.25) is 10.3 Å². The maximum absolute atomic E-state index is 12.5. The summed E-state index contributed by atoms with van der Waals surface area (Å²) in [5, 5.41) is 18.7. The summed E-state index contributed by atoms with van der Waals surface area (Å²) in [6.45, 7) is 5.44. The third-order valence-electron chi connectivity index (χ3n) is 6.51. The van der Waals surface area contributed by atoms with Crippen LogP contribution in [-0.2, 0) is 42.4 Å². The van der Waals surface area contributed by atoms with Crippen LogP contribution in [-0.4, -0.2) is 86.5 Å². The van der Waals surface area contributed by atoms with Crippen LogP contribution in [0.5, 0.6) is 0 Å². The number of rotatable bonds is 11. The van der Waals surface area contributed by atoms with Crippen molar-refractivity contribution in [1.29, 1.82) is 0 Å². The second-order valence-electron chi connectivity index (χ2n) is 9.84. The summed E-state index contributed by atoms with van der Waals surface area (Å²) >= 11 is 17.5. The van der Waals surface area contributed by atoms with E-state index in [9.17, 15) is 21.6 Å². The highest BCUT2D eigenvalue weighted by atomic mass is 79.9. The van der Waals surface area contributed by atoms with Crippen LogP contribution in [0.4, 0.5) is 15.1 Å². The number of anilines is 2. The van der Waals surface area contributed by atoms with Gasteiger partial charge in [-0.1, -0.05) is 73.9 Å². The average Bonchev–Trinajstić information content (AvgIpc) is 3.68. The minimum absolute atomic E-state index is 0.0798.